The van der Waals surface area contributed by atoms with Crippen LogP contribution in [0.2, 0.25) is 0 Å². The smallest absolute Gasteiger partial charge is 0.348 e. The molecule has 3 aromatic rings. The predicted octanol–water partition coefficient (Wildman–Crippen LogP) is 1.33. The highest BCUT2D eigenvalue weighted by atomic mass is 19.4. The zero-order chi connectivity index (χ0) is 19.0. The zero-order valence-electron chi connectivity index (χ0n) is 14.0. The second-order valence-electron chi connectivity index (χ2n) is 6.40. The van der Waals surface area contributed by atoms with Gasteiger partial charge in [0.25, 0.3) is 11.9 Å². The summed E-state index contributed by atoms with van der Waals surface area (Å²) in [4.78, 5) is 20.9. The number of aromatic nitrogens is 5. The van der Waals surface area contributed by atoms with Gasteiger partial charge in [-0.3, -0.25) is 9.36 Å². The highest BCUT2D eigenvalue weighted by Gasteiger charge is 2.35. The van der Waals surface area contributed by atoms with Crippen molar-refractivity contribution in [2.24, 2.45) is 0 Å². The lowest BCUT2D eigenvalue weighted by Gasteiger charge is -2.36. The number of imidazole rings is 1. The first kappa shape index (κ1) is 17.5. The van der Waals surface area contributed by atoms with Gasteiger partial charge in [0.1, 0.15) is 6.33 Å². The number of amides is 1. The van der Waals surface area contributed by atoms with Gasteiger partial charge in [0.2, 0.25) is 0 Å². The molecular formula is C16H16F3N7O. The minimum atomic E-state index is -4.24. The number of hydrogen-bond acceptors (Lipinski definition) is 5. The Morgan fingerprint density at radius 3 is 2.78 bits per heavy atom. The van der Waals surface area contributed by atoms with Crippen molar-refractivity contribution in [3.63, 3.8) is 0 Å². The number of carbonyl (C=O) groups is 1. The molecule has 142 valence electrons. The Kier molecular flexibility index (Phi) is 4.30. The van der Waals surface area contributed by atoms with Crippen molar-refractivity contribution in [1.82, 2.24) is 34.8 Å². The average molecular weight is 379 g/mol. The molecule has 2 N–H and O–H groups in total. The molecule has 27 heavy (non-hydrogen) atoms. The Hall–Kier alpha value is -2.95. The Balaban J connectivity index is 1.45. The SMILES string of the molecule is O=C(NC1CC(NCC(F)(F)F)C1)c1nc(-n2ccnc2)nn2cccc12. The molecular weight excluding hydrogens is 363 g/mol. The molecule has 0 unspecified atom stereocenters. The van der Waals surface area contributed by atoms with E-state index in [-0.39, 0.29) is 23.7 Å². The molecule has 11 heteroatoms. The van der Waals surface area contributed by atoms with E-state index in [1.54, 1.807) is 39.8 Å². The first-order chi connectivity index (χ1) is 12.9. The van der Waals surface area contributed by atoms with E-state index in [0.29, 0.717) is 24.3 Å². The van der Waals surface area contributed by atoms with Gasteiger partial charge in [-0.2, -0.15) is 13.2 Å². The van der Waals surface area contributed by atoms with Crippen LogP contribution in [0.25, 0.3) is 11.5 Å². The maximum absolute atomic E-state index is 12.7. The van der Waals surface area contributed by atoms with Crippen molar-refractivity contribution in [1.29, 1.82) is 0 Å². The molecule has 1 fully saturated rings. The van der Waals surface area contributed by atoms with Crippen LogP contribution in [-0.4, -0.2) is 54.9 Å². The number of alkyl halides is 3. The summed E-state index contributed by atoms with van der Waals surface area (Å²) in [5.41, 5.74) is 0.743. The van der Waals surface area contributed by atoms with Crippen LogP contribution in [0.15, 0.2) is 37.1 Å². The molecule has 0 atom stereocenters. The third-order valence-corrected chi connectivity index (χ3v) is 4.39. The molecule has 3 aromatic heterocycles. The fraction of sp³-hybridized carbons (Fsp3) is 0.375. The van der Waals surface area contributed by atoms with E-state index in [0.717, 1.165) is 0 Å². The van der Waals surface area contributed by atoms with E-state index in [1.807, 2.05) is 0 Å². The molecule has 0 aliphatic heterocycles. The van der Waals surface area contributed by atoms with Crippen LogP contribution in [0, 0.1) is 0 Å². The molecule has 0 radical (unpaired) electrons. The van der Waals surface area contributed by atoms with E-state index in [1.165, 1.54) is 6.33 Å². The highest BCUT2D eigenvalue weighted by molar-refractivity contribution is 5.99. The molecule has 8 nitrogen and oxygen atoms in total. The normalized spacial score (nSPS) is 19.8. The summed E-state index contributed by atoms with van der Waals surface area (Å²) >= 11 is 0. The van der Waals surface area contributed by atoms with Crippen LogP contribution >= 0.6 is 0 Å². The predicted molar refractivity (Wildman–Crippen MR) is 88.4 cm³/mol. The molecule has 1 aliphatic rings. The van der Waals surface area contributed by atoms with Gasteiger partial charge < -0.3 is 10.6 Å². The molecule has 0 bridgehead atoms. The standard InChI is InChI=1S/C16H16F3N7O/c17-16(18,19)8-21-10-6-11(7-10)22-14(27)13-12-2-1-4-26(12)24-15(23-13)25-5-3-20-9-25/h1-5,9-11,21H,6-8H2,(H,22,27). The van der Waals surface area contributed by atoms with Crippen molar-refractivity contribution in [2.45, 2.75) is 31.1 Å². The monoisotopic (exact) mass is 379 g/mol. The van der Waals surface area contributed by atoms with E-state index in [4.69, 9.17) is 0 Å². The second-order valence-corrected chi connectivity index (χ2v) is 6.40. The maximum atomic E-state index is 12.7. The van der Waals surface area contributed by atoms with E-state index in [2.05, 4.69) is 25.7 Å². The quantitative estimate of drug-likeness (QED) is 0.698. The minimum Gasteiger partial charge on any atom is -0.348 e. The summed E-state index contributed by atoms with van der Waals surface area (Å²) in [7, 11) is 0. The van der Waals surface area contributed by atoms with Gasteiger partial charge in [-0.05, 0) is 25.0 Å². The Morgan fingerprint density at radius 2 is 2.07 bits per heavy atom. The van der Waals surface area contributed by atoms with E-state index < -0.39 is 12.7 Å². The summed E-state index contributed by atoms with van der Waals surface area (Å²) in [5, 5.41) is 9.59. The summed E-state index contributed by atoms with van der Waals surface area (Å²) in [6.45, 7) is -1.02. The van der Waals surface area contributed by atoms with Gasteiger partial charge >= 0.3 is 6.18 Å². The Labute approximate surface area is 151 Å². The molecule has 0 spiro atoms. The van der Waals surface area contributed by atoms with Gasteiger partial charge in [0.15, 0.2) is 5.69 Å². The number of hydrogen-bond donors (Lipinski definition) is 2. The lowest BCUT2D eigenvalue weighted by Crippen LogP contribution is -2.54. The number of carbonyl (C=O) groups excluding carboxylic acids is 1. The van der Waals surface area contributed by atoms with Crippen molar-refractivity contribution in [3.05, 3.63) is 42.7 Å². The summed E-state index contributed by atoms with van der Waals surface area (Å²) in [6, 6.07) is 3.03. The van der Waals surface area contributed by atoms with Crippen molar-refractivity contribution < 1.29 is 18.0 Å². The van der Waals surface area contributed by atoms with Crippen LogP contribution in [0.3, 0.4) is 0 Å². The third-order valence-electron chi connectivity index (χ3n) is 4.39. The molecule has 0 saturated heterocycles. The number of halogens is 3. The average Bonchev–Trinajstić information content (AvgIpc) is 3.25. The lowest BCUT2D eigenvalue weighted by molar-refractivity contribution is -0.127. The summed E-state index contributed by atoms with van der Waals surface area (Å²) in [5.74, 6) is -0.0959. The van der Waals surface area contributed by atoms with Crippen molar-refractivity contribution in [2.75, 3.05) is 6.54 Å². The molecule has 3 heterocycles. The molecule has 1 amide bonds. The largest absolute Gasteiger partial charge is 0.401 e. The summed E-state index contributed by atoms with van der Waals surface area (Å²) < 4.78 is 39.8. The van der Waals surface area contributed by atoms with Gasteiger partial charge in [0, 0.05) is 30.7 Å². The second kappa shape index (κ2) is 6.65. The number of nitrogens with one attached hydrogen (secondary N) is 2. The van der Waals surface area contributed by atoms with Crippen LogP contribution in [0.4, 0.5) is 13.2 Å². The fourth-order valence-corrected chi connectivity index (χ4v) is 2.99. The van der Waals surface area contributed by atoms with Crippen molar-refractivity contribution >= 4 is 11.4 Å². The topological polar surface area (TPSA) is 89.1 Å². The molecule has 0 aromatic carbocycles. The summed E-state index contributed by atoms with van der Waals surface area (Å²) in [6.07, 6.45) is 3.11. The maximum Gasteiger partial charge on any atom is 0.401 e. The van der Waals surface area contributed by atoms with Gasteiger partial charge in [-0.25, -0.2) is 14.5 Å². The lowest BCUT2D eigenvalue weighted by atomic mass is 9.86. The number of rotatable bonds is 5. The number of fused-ring (bicyclic) bond motifs is 1. The first-order valence-corrected chi connectivity index (χ1v) is 8.34. The number of nitrogens with zero attached hydrogens (tertiary/aromatic N) is 5. The first-order valence-electron chi connectivity index (χ1n) is 8.34. The van der Waals surface area contributed by atoms with Crippen LogP contribution < -0.4 is 10.6 Å². The van der Waals surface area contributed by atoms with Crippen molar-refractivity contribution in [3.8, 4) is 5.95 Å². The van der Waals surface area contributed by atoms with Gasteiger partial charge in [-0.1, -0.05) is 0 Å². The fourth-order valence-electron chi connectivity index (χ4n) is 2.99. The minimum absolute atomic E-state index is 0.190. The van der Waals surface area contributed by atoms with E-state index >= 15 is 0 Å². The van der Waals surface area contributed by atoms with E-state index in [9.17, 15) is 18.0 Å². The molecule has 1 aliphatic carbocycles. The van der Waals surface area contributed by atoms with Crippen LogP contribution in [-0.2, 0) is 0 Å². The van der Waals surface area contributed by atoms with Crippen LogP contribution in [0.1, 0.15) is 23.3 Å². The van der Waals surface area contributed by atoms with Gasteiger partial charge in [-0.15, -0.1) is 5.10 Å². The molecule has 4 rings (SSSR count). The highest BCUT2D eigenvalue weighted by Crippen LogP contribution is 2.23. The Bertz CT molecular complexity index is 945. The third kappa shape index (κ3) is 3.77. The van der Waals surface area contributed by atoms with Crippen LogP contribution in [0.5, 0.6) is 0 Å². The zero-order valence-corrected chi connectivity index (χ0v) is 14.0. The van der Waals surface area contributed by atoms with Gasteiger partial charge in [0.05, 0.1) is 12.1 Å². The Morgan fingerprint density at radius 1 is 1.26 bits per heavy atom. The molecule has 1 saturated carbocycles.